The molecule has 276 valence electrons. The maximum atomic E-state index is 12.5. The van der Waals surface area contributed by atoms with Crippen molar-refractivity contribution in [3.8, 4) is 0 Å². The quantitative estimate of drug-likeness (QED) is 0.248. The number of piperidine rings is 2. The summed E-state index contributed by atoms with van der Waals surface area (Å²) in [6.45, 7) is 14.8. The van der Waals surface area contributed by atoms with E-state index in [9.17, 15) is 26.4 Å². The first-order valence-corrected chi connectivity index (χ1v) is 19.0. The fourth-order valence-electron chi connectivity index (χ4n) is 7.18. The number of carbonyl (C=O) groups excluding carboxylic acids is 1. The smallest absolute Gasteiger partial charge is 0.371 e. The first-order valence-electron chi connectivity index (χ1n) is 17.3. The Labute approximate surface area is 299 Å². The van der Waals surface area contributed by atoms with E-state index in [1.165, 1.54) is 5.56 Å². The Balaban J connectivity index is 1.17. The van der Waals surface area contributed by atoms with Crippen LogP contribution in [-0.2, 0) is 27.9 Å². The van der Waals surface area contributed by atoms with Crippen molar-refractivity contribution in [2.45, 2.75) is 77.3 Å². The van der Waals surface area contributed by atoms with E-state index < -0.39 is 34.4 Å². The topological polar surface area (TPSA) is 111 Å². The molecule has 2 aliphatic heterocycles. The van der Waals surface area contributed by atoms with Gasteiger partial charge in [0.15, 0.2) is 5.75 Å². The second-order valence-corrected chi connectivity index (χ2v) is 15.6. The molecule has 1 aromatic heterocycles. The van der Waals surface area contributed by atoms with Gasteiger partial charge in [-0.05, 0) is 69.7 Å². The number of hydrogen-bond acceptors (Lipinski definition) is 8. The minimum absolute atomic E-state index is 0.105. The minimum atomic E-state index is -4.89. The summed E-state index contributed by atoms with van der Waals surface area (Å²) in [5, 5.41) is 2.57. The molecule has 2 aliphatic rings. The van der Waals surface area contributed by atoms with Gasteiger partial charge in [-0.25, -0.2) is 23.1 Å². The minimum Gasteiger partial charge on any atom is -0.371 e. The Bertz CT molecular complexity index is 1740. The highest BCUT2D eigenvalue weighted by atomic mass is 32.2. The maximum absolute atomic E-state index is 12.5. The monoisotopic (exact) mass is 727 g/mol. The number of carbonyl (C=O) groups is 1. The largest absolute Gasteiger partial charge is 0.404 e. The van der Waals surface area contributed by atoms with Crippen LogP contribution in [-0.4, -0.2) is 90.3 Å². The van der Waals surface area contributed by atoms with Gasteiger partial charge >= 0.3 is 6.18 Å². The number of aryl methyl sites for hydroxylation is 2. The standard InChI is InChI=1S/C37H48F3N7O3S/c1-27-35(28(2)43-26-42-27)29(3)45-20-16-36(4,17-21-45)46-18-14-33(15-19-46)47(24-31-8-6-5-7-9-31)32-12-10-30(11-13-32)22-41-34(48)23-44-51(49,50)25-37(38,39)40/h5-13,26,33,44H,3,14-25H2,1-2,4H3,(H,41,48). The molecule has 0 saturated carbocycles. The van der Waals surface area contributed by atoms with Crippen LogP contribution in [0.15, 0.2) is 67.5 Å². The van der Waals surface area contributed by atoms with E-state index >= 15 is 0 Å². The highest BCUT2D eigenvalue weighted by Gasteiger charge is 2.39. The summed E-state index contributed by atoms with van der Waals surface area (Å²) >= 11 is 0. The Morgan fingerprint density at radius 3 is 2.16 bits per heavy atom. The Hall–Kier alpha value is -4.01. The van der Waals surface area contributed by atoms with Crippen LogP contribution in [0, 0.1) is 13.8 Å². The number of alkyl halides is 3. The zero-order chi connectivity index (χ0) is 36.8. The van der Waals surface area contributed by atoms with Crippen LogP contribution in [0.4, 0.5) is 18.9 Å². The van der Waals surface area contributed by atoms with E-state index in [-0.39, 0.29) is 12.1 Å². The number of aromatic nitrogens is 2. The van der Waals surface area contributed by atoms with Crippen LogP contribution in [0.25, 0.3) is 5.70 Å². The first-order chi connectivity index (χ1) is 24.1. The molecule has 0 spiro atoms. The Morgan fingerprint density at radius 1 is 0.961 bits per heavy atom. The van der Waals surface area contributed by atoms with Crippen molar-refractivity contribution in [3.63, 3.8) is 0 Å². The van der Waals surface area contributed by atoms with Crippen molar-refractivity contribution in [2.24, 2.45) is 0 Å². The lowest BCUT2D eigenvalue weighted by Crippen LogP contribution is -2.57. The summed E-state index contributed by atoms with van der Waals surface area (Å²) in [6, 6.07) is 18.5. The average Bonchev–Trinajstić information content (AvgIpc) is 3.09. The van der Waals surface area contributed by atoms with Crippen molar-refractivity contribution in [1.82, 2.24) is 29.8 Å². The van der Waals surface area contributed by atoms with E-state index in [2.05, 4.69) is 55.6 Å². The van der Waals surface area contributed by atoms with E-state index in [1.807, 2.05) is 56.3 Å². The number of sulfonamides is 1. The second-order valence-electron chi connectivity index (χ2n) is 13.8. The summed E-state index contributed by atoms with van der Waals surface area (Å²) in [7, 11) is -4.65. The first kappa shape index (κ1) is 38.2. The molecule has 2 fully saturated rings. The fourth-order valence-corrected chi connectivity index (χ4v) is 8.07. The summed E-state index contributed by atoms with van der Waals surface area (Å²) < 4.78 is 62.2. The lowest BCUT2D eigenvalue weighted by atomic mass is 9.85. The van der Waals surface area contributed by atoms with E-state index in [0.717, 1.165) is 92.3 Å². The van der Waals surface area contributed by atoms with Crippen LogP contribution in [0.5, 0.6) is 0 Å². The molecule has 14 heteroatoms. The molecule has 2 N–H and O–H groups in total. The highest BCUT2D eigenvalue weighted by Crippen LogP contribution is 2.36. The highest BCUT2D eigenvalue weighted by molar-refractivity contribution is 7.89. The number of hydrogen-bond donors (Lipinski definition) is 2. The number of likely N-dealkylation sites (tertiary alicyclic amines) is 2. The van der Waals surface area contributed by atoms with E-state index in [0.29, 0.717) is 6.04 Å². The molecule has 0 unspecified atom stereocenters. The van der Waals surface area contributed by atoms with E-state index in [1.54, 1.807) is 11.0 Å². The van der Waals surface area contributed by atoms with Gasteiger partial charge in [-0.1, -0.05) is 49.0 Å². The summed E-state index contributed by atoms with van der Waals surface area (Å²) in [6.07, 6.45) is 0.844. The zero-order valence-corrected chi connectivity index (χ0v) is 30.4. The van der Waals surface area contributed by atoms with Gasteiger partial charge in [0, 0.05) is 67.8 Å². The summed E-state index contributed by atoms with van der Waals surface area (Å²) in [5.41, 5.74) is 7.12. The van der Waals surface area contributed by atoms with Crippen molar-refractivity contribution in [1.29, 1.82) is 0 Å². The number of nitrogens with one attached hydrogen (secondary N) is 2. The molecule has 0 radical (unpaired) electrons. The number of anilines is 1. The molecule has 1 amide bonds. The van der Waals surface area contributed by atoms with Gasteiger partial charge in [-0.3, -0.25) is 9.69 Å². The molecule has 3 aromatic rings. The lowest BCUT2D eigenvalue weighted by molar-refractivity contribution is -0.120. The average molecular weight is 728 g/mol. The van der Waals surface area contributed by atoms with Crippen molar-refractivity contribution in [3.05, 3.63) is 95.6 Å². The summed E-state index contributed by atoms with van der Waals surface area (Å²) in [4.78, 5) is 28.5. The number of halogens is 3. The molecule has 5 rings (SSSR count). The number of nitrogens with zero attached hydrogens (tertiary/aromatic N) is 5. The maximum Gasteiger partial charge on any atom is 0.404 e. The van der Waals surface area contributed by atoms with Gasteiger partial charge in [0.25, 0.3) is 0 Å². The molecular formula is C37H48F3N7O3S. The summed E-state index contributed by atoms with van der Waals surface area (Å²) in [5.74, 6) is -2.75. The van der Waals surface area contributed by atoms with E-state index in [4.69, 9.17) is 0 Å². The lowest BCUT2D eigenvalue weighted by Gasteiger charge is -2.51. The van der Waals surface area contributed by atoms with Crippen molar-refractivity contribution < 1.29 is 26.4 Å². The Kier molecular flexibility index (Phi) is 12.1. The fraction of sp³-hybridized carbons (Fsp3) is 0.486. The molecule has 2 aromatic carbocycles. The van der Waals surface area contributed by atoms with Gasteiger partial charge < -0.3 is 15.1 Å². The van der Waals surface area contributed by atoms with Crippen LogP contribution in [0.1, 0.15) is 60.7 Å². The SMILES string of the molecule is C=C(c1c(C)ncnc1C)N1CCC(C)(N2CCC(N(Cc3ccccc3)c3ccc(CNC(=O)CNS(=O)(=O)CC(F)(F)F)cc3)CC2)CC1. The predicted octanol–water partition coefficient (Wildman–Crippen LogP) is 5.19. The van der Waals surface area contributed by atoms with Crippen molar-refractivity contribution >= 4 is 27.3 Å². The molecule has 3 heterocycles. The number of benzene rings is 2. The van der Waals surface area contributed by atoms with Crippen LogP contribution in [0.2, 0.25) is 0 Å². The van der Waals surface area contributed by atoms with Crippen LogP contribution >= 0.6 is 0 Å². The molecule has 10 nitrogen and oxygen atoms in total. The number of rotatable bonds is 13. The van der Waals surface area contributed by atoms with Crippen molar-refractivity contribution in [2.75, 3.05) is 43.4 Å². The molecule has 0 atom stereocenters. The van der Waals surface area contributed by atoms with Gasteiger partial charge in [0.2, 0.25) is 15.9 Å². The zero-order valence-electron chi connectivity index (χ0n) is 29.5. The molecule has 0 aliphatic carbocycles. The number of amides is 1. The van der Waals surface area contributed by atoms with Crippen LogP contribution < -0.4 is 14.9 Å². The Morgan fingerprint density at radius 2 is 1.57 bits per heavy atom. The third-order valence-electron chi connectivity index (χ3n) is 10.2. The predicted molar refractivity (Wildman–Crippen MR) is 193 cm³/mol. The second kappa shape index (κ2) is 16.1. The third-order valence-corrected chi connectivity index (χ3v) is 11.5. The normalized spacial score (nSPS) is 17.3. The molecule has 2 saturated heterocycles. The molecule has 51 heavy (non-hydrogen) atoms. The van der Waals surface area contributed by atoms with Gasteiger partial charge in [-0.2, -0.15) is 13.2 Å². The molecular weight excluding hydrogens is 680 g/mol. The van der Waals surface area contributed by atoms with Gasteiger partial charge in [0.1, 0.15) is 6.33 Å². The molecule has 0 bridgehead atoms. The third kappa shape index (κ3) is 10.3. The van der Waals surface area contributed by atoms with Crippen LogP contribution in [0.3, 0.4) is 0 Å². The van der Waals surface area contributed by atoms with Gasteiger partial charge in [0.05, 0.1) is 17.9 Å². The van der Waals surface area contributed by atoms with Gasteiger partial charge in [-0.15, -0.1) is 0 Å².